The SMILES string of the molecule is CCN(C(=O)C(C)Sc1nnc(-c2cccnc2)n1-c1ccccc1C)C1CCCCC1. The number of carbonyl (C=O) groups is 1. The van der Waals surface area contributed by atoms with Gasteiger partial charge in [0.2, 0.25) is 5.91 Å². The zero-order valence-corrected chi connectivity index (χ0v) is 19.9. The van der Waals surface area contributed by atoms with Crippen molar-refractivity contribution in [2.45, 2.75) is 69.3 Å². The molecule has 0 radical (unpaired) electrons. The average molecular weight is 450 g/mol. The normalized spacial score (nSPS) is 15.5. The van der Waals surface area contributed by atoms with E-state index in [0.717, 1.165) is 47.2 Å². The van der Waals surface area contributed by atoms with Gasteiger partial charge in [0.05, 0.1) is 10.9 Å². The van der Waals surface area contributed by atoms with Gasteiger partial charge in [0.15, 0.2) is 11.0 Å². The van der Waals surface area contributed by atoms with Crippen LogP contribution in [0, 0.1) is 6.92 Å². The van der Waals surface area contributed by atoms with Crippen molar-refractivity contribution in [2.75, 3.05) is 6.54 Å². The van der Waals surface area contributed by atoms with Gasteiger partial charge >= 0.3 is 0 Å². The minimum atomic E-state index is -0.245. The Balaban J connectivity index is 1.65. The Bertz CT molecular complexity index is 1050. The number of benzene rings is 1. The fourth-order valence-corrected chi connectivity index (χ4v) is 5.42. The molecular weight excluding hydrogens is 418 g/mol. The molecule has 2 aromatic heterocycles. The maximum Gasteiger partial charge on any atom is 0.236 e. The van der Waals surface area contributed by atoms with E-state index in [9.17, 15) is 4.79 Å². The summed E-state index contributed by atoms with van der Waals surface area (Å²) in [6, 6.07) is 12.4. The molecule has 1 fully saturated rings. The molecule has 0 saturated heterocycles. The van der Waals surface area contributed by atoms with E-state index in [2.05, 4.69) is 50.6 Å². The summed E-state index contributed by atoms with van der Waals surface area (Å²) in [4.78, 5) is 19.7. The predicted molar refractivity (Wildman–Crippen MR) is 129 cm³/mol. The first-order valence-electron chi connectivity index (χ1n) is 11.5. The second-order valence-corrected chi connectivity index (χ2v) is 9.65. The summed E-state index contributed by atoms with van der Waals surface area (Å²) in [6.45, 7) is 6.90. The molecule has 168 valence electrons. The van der Waals surface area contributed by atoms with E-state index < -0.39 is 0 Å². The molecule has 0 aliphatic heterocycles. The van der Waals surface area contributed by atoms with Gasteiger partial charge < -0.3 is 4.90 Å². The van der Waals surface area contributed by atoms with Crippen molar-refractivity contribution in [1.82, 2.24) is 24.6 Å². The fraction of sp³-hybridized carbons (Fsp3) is 0.440. The lowest BCUT2D eigenvalue weighted by Crippen LogP contribution is -2.44. The molecule has 0 N–H and O–H groups in total. The number of aryl methyl sites for hydroxylation is 1. The summed E-state index contributed by atoms with van der Waals surface area (Å²) in [6.07, 6.45) is 9.48. The molecule has 1 unspecified atom stereocenters. The van der Waals surface area contributed by atoms with Gasteiger partial charge in [0.1, 0.15) is 0 Å². The summed E-state index contributed by atoms with van der Waals surface area (Å²) in [5.74, 6) is 0.917. The quantitative estimate of drug-likeness (QED) is 0.458. The van der Waals surface area contributed by atoms with Crippen LogP contribution in [0.15, 0.2) is 53.9 Å². The van der Waals surface area contributed by atoms with Crippen molar-refractivity contribution in [3.05, 3.63) is 54.4 Å². The summed E-state index contributed by atoms with van der Waals surface area (Å²) in [5, 5.41) is 9.48. The number of pyridine rings is 1. The third kappa shape index (κ3) is 4.72. The highest BCUT2D eigenvalue weighted by molar-refractivity contribution is 8.00. The van der Waals surface area contributed by atoms with Crippen LogP contribution < -0.4 is 0 Å². The minimum Gasteiger partial charge on any atom is -0.339 e. The summed E-state index contributed by atoms with van der Waals surface area (Å²) >= 11 is 1.48. The van der Waals surface area contributed by atoms with E-state index in [4.69, 9.17) is 0 Å². The molecule has 3 aromatic rings. The van der Waals surface area contributed by atoms with Crippen LogP contribution in [0.4, 0.5) is 0 Å². The molecule has 1 amide bonds. The second kappa shape index (κ2) is 10.3. The van der Waals surface area contributed by atoms with E-state index in [1.165, 1.54) is 31.0 Å². The smallest absolute Gasteiger partial charge is 0.236 e. The summed E-state index contributed by atoms with van der Waals surface area (Å²) in [5.41, 5.74) is 3.03. The third-order valence-corrected chi connectivity index (χ3v) is 7.21. The zero-order chi connectivity index (χ0) is 22.5. The Kier molecular flexibility index (Phi) is 7.25. The number of hydrogen-bond donors (Lipinski definition) is 0. The molecule has 1 aliphatic rings. The van der Waals surface area contributed by atoms with Gasteiger partial charge in [-0.15, -0.1) is 10.2 Å². The molecule has 32 heavy (non-hydrogen) atoms. The van der Waals surface area contributed by atoms with Crippen molar-refractivity contribution < 1.29 is 4.79 Å². The Morgan fingerprint density at radius 1 is 1.16 bits per heavy atom. The Morgan fingerprint density at radius 3 is 2.62 bits per heavy atom. The van der Waals surface area contributed by atoms with Crippen molar-refractivity contribution in [2.24, 2.45) is 0 Å². The van der Waals surface area contributed by atoms with Crippen molar-refractivity contribution in [3.8, 4) is 17.1 Å². The standard InChI is InChI=1S/C25H31N5OS/c1-4-29(21-13-6-5-7-14-21)24(31)19(3)32-25-28-27-23(20-12-10-16-26-17-20)30(25)22-15-9-8-11-18(22)2/h8-12,15-17,19,21H,4-7,13-14H2,1-3H3. The lowest BCUT2D eigenvalue weighted by atomic mass is 9.94. The number of rotatable bonds is 7. The van der Waals surface area contributed by atoms with Crippen LogP contribution in [0.1, 0.15) is 51.5 Å². The molecule has 1 aromatic carbocycles. The van der Waals surface area contributed by atoms with Crippen molar-refractivity contribution in [1.29, 1.82) is 0 Å². The highest BCUT2D eigenvalue weighted by Crippen LogP contribution is 2.32. The van der Waals surface area contributed by atoms with E-state index in [1.807, 2.05) is 31.2 Å². The summed E-state index contributed by atoms with van der Waals surface area (Å²) in [7, 11) is 0. The number of nitrogens with zero attached hydrogens (tertiary/aromatic N) is 5. The van der Waals surface area contributed by atoms with E-state index in [-0.39, 0.29) is 11.2 Å². The van der Waals surface area contributed by atoms with Crippen LogP contribution in [0.2, 0.25) is 0 Å². The Hall–Kier alpha value is -2.67. The number of thioether (sulfide) groups is 1. The zero-order valence-electron chi connectivity index (χ0n) is 19.1. The van der Waals surface area contributed by atoms with Crippen LogP contribution >= 0.6 is 11.8 Å². The van der Waals surface area contributed by atoms with Crippen molar-refractivity contribution >= 4 is 17.7 Å². The van der Waals surface area contributed by atoms with E-state index in [1.54, 1.807) is 12.4 Å². The lowest BCUT2D eigenvalue weighted by molar-refractivity contribution is -0.133. The highest BCUT2D eigenvalue weighted by atomic mass is 32.2. The molecule has 6 nitrogen and oxygen atoms in total. The molecule has 7 heteroatoms. The molecule has 0 bridgehead atoms. The topological polar surface area (TPSA) is 63.9 Å². The first-order chi connectivity index (χ1) is 15.6. The second-order valence-electron chi connectivity index (χ2n) is 8.35. The average Bonchev–Trinajstić information content (AvgIpc) is 3.24. The fourth-order valence-electron chi connectivity index (χ4n) is 4.49. The highest BCUT2D eigenvalue weighted by Gasteiger charge is 2.29. The van der Waals surface area contributed by atoms with Crippen LogP contribution in [-0.2, 0) is 4.79 Å². The molecular formula is C25H31N5OS. The van der Waals surface area contributed by atoms with E-state index in [0.29, 0.717) is 6.04 Å². The minimum absolute atomic E-state index is 0.187. The summed E-state index contributed by atoms with van der Waals surface area (Å²) < 4.78 is 2.05. The molecule has 4 rings (SSSR count). The predicted octanol–water partition coefficient (Wildman–Crippen LogP) is 5.30. The molecule has 0 spiro atoms. The maximum absolute atomic E-state index is 13.4. The Morgan fingerprint density at radius 2 is 1.94 bits per heavy atom. The first-order valence-corrected chi connectivity index (χ1v) is 12.4. The first kappa shape index (κ1) is 22.5. The van der Waals surface area contributed by atoms with E-state index >= 15 is 0 Å². The number of carbonyl (C=O) groups excluding carboxylic acids is 1. The van der Waals surface area contributed by atoms with Gasteiger partial charge in [-0.1, -0.05) is 49.2 Å². The molecule has 1 atom stereocenters. The Labute approximate surface area is 194 Å². The molecule has 2 heterocycles. The monoisotopic (exact) mass is 449 g/mol. The largest absolute Gasteiger partial charge is 0.339 e. The van der Waals surface area contributed by atoms with Crippen molar-refractivity contribution in [3.63, 3.8) is 0 Å². The van der Waals surface area contributed by atoms with Gasteiger partial charge in [-0.25, -0.2) is 0 Å². The van der Waals surface area contributed by atoms with Gasteiger partial charge in [-0.2, -0.15) is 0 Å². The van der Waals surface area contributed by atoms with Gasteiger partial charge in [-0.05, 0) is 57.4 Å². The van der Waals surface area contributed by atoms with Crippen LogP contribution in [0.5, 0.6) is 0 Å². The van der Waals surface area contributed by atoms with Gasteiger partial charge in [-0.3, -0.25) is 14.3 Å². The molecule has 1 saturated carbocycles. The number of hydrogen-bond acceptors (Lipinski definition) is 5. The lowest BCUT2D eigenvalue weighted by Gasteiger charge is -2.35. The number of aromatic nitrogens is 4. The van der Waals surface area contributed by atoms with Gasteiger partial charge in [0.25, 0.3) is 0 Å². The van der Waals surface area contributed by atoms with Crippen LogP contribution in [-0.4, -0.2) is 48.4 Å². The van der Waals surface area contributed by atoms with Gasteiger partial charge in [0, 0.05) is 30.5 Å². The molecule has 1 aliphatic carbocycles. The maximum atomic E-state index is 13.4. The number of para-hydroxylation sites is 1. The number of amides is 1. The van der Waals surface area contributed by atoms with Crippen LogP contribution in [0.3, 0.4) is 0 Å². The van der Waals surface area contributed by atoms with Crippen LogP contribution in [0.25, 0.3) is 17.1 Å². The third-order valence-electron chi connectivity index (χ3n) is 6.18.